The molecule has 0 amide bonds. The quantitative estimate of drug-likeness (QED) is 0.659. The van der Waals surface area contributed by atoms with Gasteiger partial charge in [-0.1, -0.05) is 34.1 Å². The van der Waals surface area contributed by atoms with Gasteiger partial charge in [0.1, 0.15) is 5.82 Å². The first-order valence-electron chi connectivity index (χ1n) is 5.96. The number of nitrogens with two attached hydrogens (primary N) is 1. The van der Waals surface area contributed by atoms with E-state index in [1.165, 1.54) is 0 Å². The number of nitrogens with one attached hydrogen (secondary N) is 1. The molecule has 2 rings (SSSR count). The van der Waals surface area contributed by atoms with E-state index in [1.807, 2.05) is 30.6 Å². The van der Waals surface area contributed by atoms with Crippen LogP contribution in [0.3, 0.4) is 0 Å². The third kappa shape index (κ3) is 2.80. The van der Waals surface area contributed by atoms with E-state index in [1.54, 1.807) is 0 Å². The van der Waals surface area contributed by atoms with Gasteiger partial charge in [-0.3, -0.25) is 11.3 Å². The van der Waals surface area contributed by atoms with Gasteiger partial charge in [0.05, 0.1) is 6.04 Å². The predicted molar refractivity (Wildman–Crippen MR) is 75.8 cm³/mol. The molecule has 5 heteroatoms. The van der Waals surface area contributed by atoms with Gasteiger partial charge in [0.2, 0.25) is 0 Å². The van der Waals surface area contributed by atoms with Gasteiger partial charge in [-0.05, 0) is 18.6 Å². The number of benzene rings is 1. The highest BCUT2D eigenvalue weighted by molar-refractivity contribution is 9.10. The van der Waals surface area contributed by atoms with Gasteiger partial charge in [0.15, 0.2) is 0 Å². The topological polar surface area (TPSA) is 55.9 Å². The molecule has 2 aromatic rings. The summed E-state index contributed by atoms with van der Waals surface area (Å²) in [6, 6.07) is 8.14. The molecule has 0 aliphatic carbocycles. The zero-order valence-corrected chi connectivity index (χ0v) is 11.9. The first-order valence-corrected chi connectivity index (χ1v) is 6.76. The minimum absolute atomic E-state index is 0.0493. The average molecular weight is 309 g/mol. The van der Waals surface area contributed by atoms with Gasteiger partial charge in [-0.2, -0.15) is 0 Å². The van der Waals surface area contributed by atoms with Crippen molar-refractivity contribution >= 4 is 15.9 Å². The van der Waals surface area contributed by atoms with E-state index in [4.69, 9.17) is 5.84 Å². The second kappa shape index (κ2) is 6.13. The van der Waals surface area contributed by atoms with Crippen LogP contribution in [0.25, 0.3) is 0 Å². The Bertz CT molecular complexity index is 509. The van der Waals surface area contributed by atoms with Crippen LogP contribution in [0.2, 0.25) is 0 Å². The summed E-state index contributed by atoms with van der Waals surface area (Å²) in [5.41, 5.74) is 4.01. The number of hydrogen-bond acceptors (Lipinski definition) is 3. The molecule has 1 atom stereocenters. The molecule has 0 radical (unpaired) electrons. The average Bonchev–Trinajstić information content (AvgIpc) is 2.84. The van der Waals surface area contributed by atoms with Crippen molar-refractivity contribution in [1.82, 2.24) is 15.0 Å². The monoisotopic (exact) mass is 308 g/mol. The van der Waals surface area contributed by atoms with Gasteiger partial charge in [-0.15, -0.1) is 0 Å². The van der Waals surface area contributed by atoms with E-state index in [-0.39, 0.29) is 6.04 Å². The Morgan fingerprint density at radius 2 is 2.22 bits per heavy atom. The van der Waals surface area contributed by atoms with Gasteiger partial charge < -0.3 is 4.57 Å². The highest BCUT2D eigenvalue weighted by Crippen LogP contribution is 2.25. The summed E-state index contributed by atoms with van der Waals surface area (Å²) in [4.78, 5) is 4.38. The van der Waals surface area contributed by atoms with Crippen LogP contribution in [0.5, 0.6) is 0 Å². The first-order chi connectivity index (χ1) is 8.76. The van der Waals surface area contributed by atoms with Crippen LogP contribution in [-0.4, -0.2) is 9.55 Å². The lowest BCUT2D eigenvalue weighted by atomic mass is 10.0. The van der Waals surface area contributed by atoms with Gasteiger partial charge in [0, 0.05) is 29.8 Å². The molecule has 0 aliphatic heterocycles. The third-order valence-electron chi connectivity index (χ3n) is 3.01. The van der Waals surface area contributed by atoms with Crippen LogP contribution in [0.15, 0.2) is 41.1 Å². The normalized spacial score (nSPS) is 12.6. The van der Waals surface area contributed by atoms with Gasteiger partial charge in [-0.25, -0.2) is 4.98 Å². The molecule has 0 aliphatic rings. The molecule has 1 aromatic heterocycles. The third-order valence-corrected chi connectivity index (χ3v) is 3.73. The zero-order valence-electron chi connectivity index (χ0n) is 10.3. The van der Waals surface area contributed by atoms with Crippen molar-refractivity contribution in [3.8, 4) is 0 Å². The molecule has 4 nitrogen and oxygen atoms in total. The number of rotatable bonds is 5. The number of imidazole rings is 1. The smallest absolute Gasteiger partial charge is 0.110 e. The lowest BCUT2D eigenvalue weighted by Gasteiger charge is -2.18. The Balaban J connectivity index is 2.23. The number of halogens is 1. The summed E-state index contributed by atoms with van der Waals surface area (Å²) < 4.78 is 3.18. The Kier molecular flexibility index (Phi) is 4.52. The number of hydrazine groups is 1. The molecular weight excluding hydrogens is 292 g/mol. The van der Waals surface area contributed by atoms with Crippen LogP contribution in [0.1, 0.15) is 24.4 Å². The molecular formula is C13H17BrN4. The van der Waals surface area contributed by atoms with E-state index in [0.717, 1.165) is 28.8 Å². The van der Waals surface area contributed by atoms with Crippen molar-refractivity contribution in [2.45, 2.75) is 25.9 Å². The standard InChI is InChI=1S/C13H17BrN4/c1-2-18-8-7-16-13(18)9-12(17-15)10-5-3-4-6-11(10)14/h3-8,12,17H,2,9,15H2,1H3. The second-order valence-electron chi connectivity index (χ2n) is 4.07. The van der Waals surface area contributed by atoms with E-state index >= 15 is 0 Å². The van der Waals surface area contributed by atoms with E-state index < -0.39 is 0 Å². The summed E-state index contributed by atoms with van der Waals surface area (Å²) in [7, 11) is 0. The molecule has 0 saturated carbocycles. The fourth-order valence-corrected chi connectivity index (χ4v) is 2.58. The maximum Gasteiger partial charge on any atom is 0.110 e. The summed E-state index contributed by atoms with van der Waals surface area (Å²) in [6.45, 7) is 3.02. The Morgan fingerprint density at radius 3 is 2.89 bits per heavy atom. The minimum Gasteiger partial charge on any atom is -0.335 e. The minimum atomic E-state index is 0.0493. The molecule has 96 valence electrons. The van der Waals surface area contributed by atoms with E-state index in [2.05, 4.69) is 43.9 Å². The predicted octanol–water partition coefficient (Wildman–Crippen LogP) is 2.41. The van der Waals surface area contributed by atoms with Crippen molar-refractivity contribution in [3.63, 3.8) is 0 Å². The van der Waals surface area contributed by atoms with E-state index in [0.29, 0.717) is 0 Å². The van der Waals surface area contributed by atoms with Crippen molar-refractivity contribution < 1.29 is 0 Å². The van der Waals surface area contributed by atoms with Crippen molar-refractivity contribution in [3.05, 3.63) is 52.5 Å². The molecule has 0 bridgehead atoms. The zero-order chi connectivity index (χ0) is 13.0. The SMILES string of the molecule is CCn1ccnc1CC(NN)c1ccccc1Br. The van der Waals surface area contributed by atoms with Gasteiger partial charge in [0.25, 0.3) is 0 Å². The highest BCUT2D eigenvalue weighted by Gasteiger charge is 2.15. The van der Waals surface area contributed by atoms with Crippen LogP contribution in [0.4, 0.5) is 0 Å². The number of hydrogen-bond donors (Lipinski definition) is 2. The molecule has 0 fully saturated rings. The molecule has 0 spiro atoms. The number of nitrogens with zero attached hydrogens (tertiary/aromatic N) is 2. The van der Waals surface area contributed by atoms with Crippen molar-refractivity contribution in [1.29, 1.82) is 0 Å². The van der Waals surface area contributed by atoms with E-state index in [9.17, 15) is 0 Å². The Morgan fingerprint density at radius 1 is 1.44 bits per heavy atom. The second-order valence-corrected chi connectivity index (χ2v) is 4.93. The fourth-order valence-electron chi connectivity index (χ4n) is 2.02. The highest BCUT2D eigenvalue weighted by atomic mass is 79.9. The molecule has 1 unspecified atom stereocenters. The summed E-state index contributed by atoms with van der Waals surface area (Å²) in [5, 5.41) is 0. The Hall–Kier alpha value is -1.17. The maximum atomic E-state index is 5.67. The van der Waals surface area contributed by atoms with Crippen LogP contribution < -0.4 is 11.3 Å². The van der Waals surface area contributed by atoms with Crippen LogP contribution in [0, 0.1) is 0 Å². The molecule has 0 saturated heterocycles. The summed E-state index contributed by atoms with van der Waals surface area (Å²) in [6.07, 6.45) is 4.58. The lowest BCUT2D eigenvalue weighted by Crippen LogP contribution is -2.30. The van der Waals surface area contributed by atoms with Crippen molar-refractivity contribution in [2.75, 3.05) is 0 Å². The number of aromatic nitrogens is 2. The summed E-state index contributed by atoms with van der Waals surface area (Å²) in [5.74, 6) is 6.71. The largest absolute Gasteiger partial charge is 0.335 e. The van der Waals surface area contributed by atoms with Crippen LogP contribution in [-0.2, 0) is 13.0 Å². The van der Waals surface area contributed by atoms with Gasteiger partial charge >= 0.3 is 0 Å². The first kappa shape index (κ1) is 13.3. The maximum absolute atomic E-state index is 5.67. The lowest BCUT2D eigenvalue weighted by molar-refractivity contribution is 0.521. The molecule has 18 heavy (non-hydrogen) atoms. The Labute approximate surface area is 115 Å². The molecule has 1 aromatic carbocycles. The fraction of sp³-hybridized carbons (Fsp3) is 0.308. The van der Waals surface area contributed by atoms with Crippen LogP contribution >= 0.6 is 15.9 Å². The number of aryl methyl sites for hydroxylation is 1. The molecule has 1 heterocycles. The molecule has 3 N–H and O–H groups in total. The van der Waals surface area contributed by atoms with Crippen molar-refractivity contribution in [2.24, 2.45) is 5.84 Å². The summed E-state index contributed by atoms with van der Waals surface area (Å²) >= 11 is 3.55.